The Labute approximate surface area is 153 Å². The minimum absolute atomic E-state index is 0.0176. The summed E-state index contributed by atoms with van der Waals surface area (Å²) in [5.74, 6) is 4.21. The van der Waals surface area contributed by atoms with Crippen molar-refractivity contribution in [3.63, 3.8) is 0 Å². The highest BCUT2D eigenvalue weighted by Crippen LogP contribution is 2.03. The van der Waals surface area contributed by atoms with Crippen molar-refractivity contribution in [2.24, 2.45) is 5.84 Å². The van der Waals surface area contributed by atoms with Crippen molar-refractivity contribution < 1.29 is 23.9 Å². The van der Waals surface area contributed by atoms with E-state index in [9.17, 15) is 19.2 Å². The molecule has 1 saturated heterocycles. The molecule has 1 heterocycles. The molecule has 0 aliphatic carbocycles. The van der Waals surface area contributed by atoms with Crippen molar-refractivity contribution in [2.45, 2.75) is 6.23 Å². The molecule has 26 heavy (non-hydrogen) atoms. The summed E-state index contributed by atoms with van der Waals surface area (Å²) in [7, 11) is 7.53. The minimum Gasteiger partial charge on any atom is -0.364 e. The van der Waals surface area contributed by atoms with Crippen LogP contribution >= 0.6 is 0 Å². The van der Waals surface area contributed by atoms with Crippen LogP contribution in [0, 0.1) is 0 Å². The van der Waals surface area contributed by atoms with Crippen molar-refractivity contribution in [3.05, 3.63) is 0 Å². The molecule has 148 valence electrons. The van der Waals surface area contributed by atoms with Gasteiger partial charge in [0.05, 0.1) is 26.2 Å². The number of rotatable bonds is 1. The topological polar surface area (TPSA) is 120 Å². The highest BCUT2D eigenvalue weighted by atomic mass is 16.5. The lowest BCUT2D eigenvalue weighted by Gasteiger charge is -2.31. The zero-order valence-electron chi connectivity index (χ0n) is 16.0. The summed E-state index contributed by atoms with van der Waals surface area (Å²) in [5.41, 5.74) is 0. The number of nitrogens with two attached hydrogens (primary N) is 1. The second-order valence-electron chi connectivity index (χ2n) is 6.40. The predicted octanol–water partition coefficient (Wildman–Crippen LogP) is -3.02. The Kier molecular flexibility index (Phi) is 7.93. The van der Waals surface area contributed by atoms with Crippen molar-refractivity contribution in [1.82, 2.24) is 24.6 Å². The number of carbonyl (C=O) groups excluding carboxylic acids is 4. The number of hydrogen-bond acceptors (Lipinski definition) is 7. The first-order valence-corrected chi connectivity index (χ1v) is 8.06. The van der Waals surface area contributed by atoms with Crippen molar-refractivity contribution >= 4 is 23.6 Å². The van der Waals surface area contributed by atoms with Crippen LogP contribution < -0.4 is 5.84 Å². The van der Waals surface area contributed by atoms with Gasteiger partial charge in [-0.15, -0.1) is 0 Å². The Hall–Kier alpha value is -2.24. The Morgan fingerprint density at radius 2 is 1.15 bits per heavy atom. The molecule has 0 spiro atoms. The number of methoxy groups -OCH3 is 1. The summed E-state index contributed by atoms with van der Waals surface area (Å²) in [5, 5.41) is 0.956. The summed E-state index contributed by atoms with van der Waals surface area (Å²) in [6, 6.07) is 0. The van der Waals surface area contributed by atoms with E-state index in [2.05, 4.69) is 0 Å². The normalized spacial score (nSPS) is 23.4. The Morgan fingerprint density at radius 1 is 0.769 bits per heavy atom. The fourth-order valence-corrected chi connectivity index (χ4v) is 2.31. The third-order valence-corrected chi connectivity index (χ3v) is 4.22. The van der Waals surface area contributed by atoms with Gasteiger partial charge in [0.1, 0.15) is 12.8 Å². The van der Waals surface area contributed by atoms with Crippen LogP contribution in [-0.4, -0.2) is 122 Å². The quantitative estimate of drug-likeness (QED) is 0.384. The Balaban J connectivity index is 3.04. The molecule has 0 aromatic rings. The second kappa shape index (κ2) is 9.46. The van der Waals surface area contributed by atoms with Gasteiger partial charge in [0.15, 0.2) is 0 Å². The summed E-state index contributed by atoms with van der Waals surface area (Å²) in [6.07, 6.45) is -0.620. The molecule has 0 aromatic heterocycles. The number of hydrazine groups is 1. The molecule has 1 aliphatic heterocycles. The lowest BCUT2D eigenvalue weighted by atomic mass is 10.4. The summed E-state index contributed by atoms with van der Waals surface area (Å²) < 4.78 is 5.30. The van der Waals surface area contributed by atoms with Crippen molar-refractivity contribution in [3.8, 4) is 0 Å². The predicted molar refractivity (Wildman–Crippen MR) is 92.2 cm³/mol. The Morgan fingerprint density at radius 3 is 1.58 bits per heavy atom. The highest BCUT2D eigenvalue weighted by molar-refractivity contribution is 5.90. The maximum absolute atomic E-state index is 12.3. The number of nitrogens with zero attached hydrogens (tertiary/aromatic N) is 5. The summed E-state index contributed by atoms with van der Waals surface area (Å²) >= 11 is 0. The van der Waals surface area contributed by atoms with E-state index in [1.165, 1.54) is 43.0 Å². The van der Waals surface area contributed by atoms with Crippen LogP contribution in [0.2, 0.25) is 0 Å². The molecule has 4 amide bonds. The van der Waals surface area contributed by atoms with Crippen molar-refractivity contribution in [2.75, 3.05) is 68.0 Å². The second-order valence-corrected chi connectivity index (χ2v) is 6.40. The van der Waals surface area contributed by atoms with Crippen LogP contribution in [0.4, 0.5) is 0 Å². The molecule has 0 radical (unpaired) electrons. The molecular weight excluding hydrogens is 344 g/mol. The summed E-state index contributed by atoms with van der Waals surface area (Å²) in [4.78, 5) is 54.2. The average Bonchev–Trinajstić information content (AvgIpc) is 2.57. The van der Waals surface area contributed by atoms with E-state index in [-0.39, 0.29) is 44.5 Å². The summed E-state index contributed by atoms with van der Waals surface area (Å²) in [6.45, 7) is -0.581. The first-order chi connectivity index (χ1) is 12.1. The van der Waals surface area contributed by atoms with Crippen LogP contribution in [0.1, 0.15) is 0 Å². The van der Waals surface area contributed by atoms with E-state index in [0.29, 0.717) is 0 Å². The number of amides is 4. The van der Waals surface area contributed by atoms with E-state index in [4.69, 9.17) is 10.6 Å². The molecule has 1 aliphatic rings. The van der Waals surface area contributed by atoms with Gasteiger partial charge in [0.2, 0.25) is 17.7 Å². The Bertz CT molecular complexity index is 553. The molecule has 0 bridgehead atoms. The average molecular weight is 372 g/mol. The fourth-order valence-electron chi connectivity index (χ4n) is 2.31. The van der Waals surface area contributed by atoms with Crippen LogP contribution in [0.15, 0.2) is 0 Å². The molecule has 1 unspecified atom stereocenters. The van der Waals surface area contributed by atoms with Gasteiger partial charge in [-0.05, 0) is 7.05 Å². The number of ether oxygens (including phenoxy) is 1. The van der Waals surface area contributed by atoms with E-state index >= 15 is 0 Å². The monoisotopic (exact) mass is 372 g/mol. The van der Waals surface area contributed by atoms with E-state index in [1.807, 2.05) is 0 Å². The van der Waals surface area contributed by atoms with E-state index in [1.54, 1.807) is 11.9 Å². The fraction of sp³-hybridized carbons (Fsp3) is 0.733. The van der Waals surface area contributed by atoms with Gasteiger partial charge in [0, 0.05) is 28.3 Å². The standard InChI is InChI=1S/C15H28N6O5/c1-17-7-12(23)19(3)9-14(25)21(16)10-15(26-5)20(4)8-13(24)18(2)6-11(17)22/h15H,6-10,16H2,1-5H3. The first kappa shape index (κ1) is 21.8. The SMILES string of the molecule is COC1CN(N)C(=O)CN(C)C(=O)CN(C)C(=O)CN(C)C(=O)CN1C. The minimum atomic E-state index is -0.620. The van der Waals surface area contributed by atoms with Gasteiger partial charge in [-0.3, -0.25) is 29.1 Å². The third-order valence-electron chi connectivity index (χ3n) is 4.22. The van der Waals surface area contributed by atoms with Crippen LogP contribution in [0.5, 0.6) is 0 Å². The van der Waals surface area contributed by atoms with Gasteiger partial charge in [-0.2, -0.15) is 0 Å². The zero-order valence-corrected chi connectivity index (χ0v) is 16.0. The third kappa shape index (κ3) is 5.93. The first-order valence-electron chi connectivity index (χ1n) is 8.06. The highest BCUT2D eigenvalue weighted by Gasteiger charge is 2.26. The van der Waals surface area contributed by atoms with Gasteiger partial charge < -0.3 is 19.4 Å². The molecule has 11 heteroatoms. The maximum atomic E-state index is 12.3. The maximum Gasteiger partial charge on any atom is 0.256 e. The molecule has 11 nitrogen and oxygen atoms in total. The molecule has 1 rings (SSSR count). The smallest absolute Gasteiger partial charge is 0.256 e. The number of hydrogen-bond donors (Lipinski definition) is 1. The number of carbonyl (C=O) groups is 4. The van der Waals surface area contributed by atoms with Crippen LogP contribution in [0.3, 0.4) is 0 Å². The molecule has 1 fully saturated rings. The lowest BCUT2D eigenvalue weighted by Crippen LogP contribution is -2.53. The molecule has 1 atom stereocenters. The van der Waals surface area contributed by atoms with Crippen molar-refractivity contribution in [1.29, 1.82) is 0 Å². The molecule has 2 N–H and O–H groups in total. The van der Waals surface area contributed by atoms with E-state index < -0.39 is 18.0 Å². The van der Waals surface area contributed by atoms with Crippen LogP contribution in [-0.2, 0) is 23.9 Å². The van der Waals surface area contributed by atoms with Gasteiger partial charge in [-0.25, -0.2) is 5.84 Å². The van der Waals surface area contributed by atoms with E-state index in [0.717, 1.165) is 5.01 Å². The molecular formula is C15H28N6O5. The van der Waals surface area contributed by atoms with Gasteiger partial charge in [-0.1, -0.05) is 0 Å². The lowest BCUT2D eigenvalue weighted by molar-refractivity contribution is -0.144. The molecule has 0 aromatic carbocycles. The van der Waals surface area contributed by atoms with Gasteiger partial charge >= 0.3 is 0 Å². The largest absolute Gasteiger partial charge is 0.364 e. The number of likely N-dealkylation sites (N-methyl/N-ethyl adjacent to an activating group) is 4. The zero-order chi connectivity index (χ0) is 20.0. The van der Waals surface area contributed by atoms with Crippen LogP contribution in [0.25, 0.3) is 0 Å². The van der Waals surface area contributed by atoms with Gasteiger partial charge in [0.25, 0.3) is 5.91 Å². The molecule has 0 saturated carbocycles.